The highest BCUT2D eigenvalue weighted by Crippen LogP contribution is 2.16. The topological polar surface area (TPSA) is 18.5 Å². The summed E-state index contributed by atoms with van der Waals surface area (Å²) in [5, 5.41) is 0. The SMILES string of the molecule is COOC(C)c1ccc(C)cc1. The molecule has 1 unspecified atom stereocenters. The van der Waals surface area contributed by atoms with Gasteiger partial charge in [-0.05, 0) is 19.4 Å². The van der Waals surface area contributed by atoms with Crippen LogP contribution in [-0.4, -0.2) is 7.11 Å². The zero-order valence-electron chi connectivity index (χ0n) is 7.70. The minimum Gasteiger partial charge on any atom is -0.239 e. The summed E-state index contributed by atoms with van der Waals surface area (Å²) in [5.74, 6) is 0. The summed E-state index contributed by atoms with van der Waals surface area (Å²) < 4.78 is 0. The molecule has 12 heavy (non-hydrogen) atoms. The molecular weight excluding hydrogens is 152 g/mol. The Labute approximate surface area is 73.0 Å². The summed E-state index contributed by atoms with van der Waals surface area (Å²) in [4.78, 5) is 9.56. The molecule has 2 heteroatoms. The molecule has 1 atom stereocenters. The van der Waals surface area contributed by atoms with Gasteiger partial charge in [-0.2, -0.15) is 0 Å². The van der Waals surface area contributed by atoms with E-state index in [1.807, 2.05) is 19.1 Å². The van der Waals surface area contributed by atoms with Gasteiger partial charge in [0.2, 0.25) is 0 Å². The van der Waals surface area contributed by atoms with Crippen molar-refractivity contribution in [1.82, 2.24) is 0 Å². The van der Waals surface area contributed by atoms with E-state index in [9.17, 15) is 0 Å². The summed E-state index contributed by atoms with van der Waals surface area (Å²) >= 11 is 0. The molecule has 0 amide bonds. The Morgan fingerprint density at radius 3 is 2.25 bits per heavy atom. The standard InChI is InChI=1S/C10H14O2/c1-8-4-6-10(7-5-8)9(2)12-11-3/h4-7,9H,1-3H3. The fourth-order valence-corrected chi connectivity index (χ4v) is 1.04. The Balaban J connectivity index is 2.68. The Kier molecular flexibility index (Phi) is 3.26. The van der Waals surface area contributed by atoms with E-state index in [0.717, 1.165) is 5.56 Å². The molecule has 0 saturated carbocycles. The van der Waals surface area contributed by atoms with Crippen molar-refractivity contribution in [3.8, 4) is 0 Å². The molecule has 0 N–H and O–H groups in total. The first-order valence-electron chi connectivity index (χ1n) is 4.00. The molecule has 0 aromatic heterocycles. The van der Waals surface area contributed by atoms with Crippen molar-refractivity contribution in [3.63, 3.8) is 0 Å². The second kappa shape index (κ2) is 4.24. The molecule has 1 rings (SSSR count). The van der Waals surface area contributed by atoms with Crippen molar-refractivity contribution in [2.24, 2.45) is 0 Å². The van der Waals surface area contributed by atoms with Crippen LogP contribution in [0.4, 0.5) is 0 Å². The summed E-state index contributed by atoms with van der Waals surface area (Å²) in [6, 6.07) is 8.20. The number of benzene rings is 1. The molecule has 0 aliphatic heterocycles. The minimum atomic E-state index is -0.00407. The van der Waals surface area contributed by atoms with E-state index in [0.29, 0.717) is 0 Å². The van der Waals surface area contributed by atoms with E-state index in [-0.39, 0.29) is 6.10 Å². The second-order valence-electron chi connectivity index (χ2n) is 2.82. The number of aryl methyl sites for hydroxylation is 1. The predicted octanol–water partition coefficient (Wildman–Crippen LogP) is 2.63. The molecule has 2 nitrogen and oxygen atoms in total. The maximum atomic E-state index is 4.97. The van der Waals surface area contributed by atoms with E-state index in [4.69, 9.17) is 4.89 Å². The molecule has 66 valence electrons. The molecule has 0 fully saturated rings. The summed E-state index contributed by atoms with van der Waals surface area (Å²) in [6.45, 7) is 4.01. The molecule has 0 bridgehead atoms. The largest absolute Gasteiger partial charge is 0.239 e. The molecule has 0 aliphatic rings. The zero-order valence-corrected chi connectivity index (χ0v) is 7.70. The first kappa shape index (κ1) is 9.23. The average molecular weight is 166 g/mol. The summed E-state index contributed by atoms with van der Waals surface area (Å²) in [6.07, 6.45) is -0.00407. The first-order valence-corrected chi connectivity index (χ1v) is 4.00. The van der Waals surface area contributed by atoms with Crippen LogP contribution in [0.1, 0.15) is 24.2 Å². The lowest BCUT2D eigenvalue weighted by Gasteiger charge is -2.09. The van der Waals surface area contributed by atoms with Gasteiger partial charge >= 0.3 is 0 Å². The van der Waals surface area contributed by atoms with Crippen molar-refractivity contribution in [3.05, 3.63) is 35.4 Å². The second-order valence-corrected chi connectivity index (χ2v) is 2.82. The summed E-state index contributed by atoms with van der Waals surface area (Å²) in [5.41, 5.74) is 2.38. The van der Waals surface area contributed by atoms with Crippen molar-refractivity contribution >= 4 is 0 Å². The van der Waals surface area contributed by atoms with E-state index in [1.165, 1.54) is 12.7 Å². The maximum Gasteiger partial charge on any atom is 0.115 e. The van der Waals surface area contributed by atoms with Gasteiger partial charge in [-0.3, -0.25) is 0 Å². The number of hydrogen-bond acceptors (Lipinski definition) is 2. The third-order valence-corrected chi connectivity index (χ3v) is 1.79. The Bertz CT molecular complexity index is 228. The van der Waals surface area contributed by atoms with Crippen LogP contribution in [0.15, 0.2) is 24.3 Å². The quantitative estimate of drug-likeness (QED) is 0.507. The minimum absolute atomic E-state index is 0.00407. The molecular formula is C10H14O2. The fraction of sp³-hybridized carbons (Fsp3) is 0.400. The lowest BCUT2D eigenvalue weighted by Crippen LogP contribution is -1.98. The first-order chi connectivity index (χ1) is 5.74. The van der Waals surface area contributed by atoms with E-state index in [1.54, 1.807) is 0 Å². The van der Waals surface area contributed by atoms with Crippen LogP contribution < -0.4 is 0 Å². The average Bonchev–Trinajstić information content (AvgIpc) is 2.06. The molecule has 0 spiro atoms. The van der Waals surface area contributed by atoms with Gasteiger partial charge in [0.15, 0.2) is 0 Å². The zero-order chi connectivity index (χ0) is 8.97. The highest BCUT2D eigenvalue weighted by atomic mass is 17.2. The molecule has 0 aliphatic carbocycles. The molecule has 1 aromatic rings. The van der Waals surface area contributed by atoms with Gasteiger partial charge in [0.25, 0.3) is 0 Å². The highest BCUT2D eigenvalue weighted by Gasteiger charge is 2.04. The smallest absolute Gasteiger partial charge is 0.115 e. The van der Waals surface area contributed by atoms with Crippen molar-refractivity contribution in [1.29, 1.82) is 0 Å². The molecule has 0 radical (unpaired) electrons. The normalized spacial score (nSPS) is 12.9. The Morgan fingerprint density at radius 1 is 1.17 bits per heavy atom. The van der Waals surface area contributed by atoms with Crippen LogP contribution in [0.25, 0.3) is 0 Å². The Morgan fingerprint density at radius 2 is 1.75 bits per heavy atom. The molecule has 0 saturated heterocycles. The third kappa shape index (κ3) is 2.32. The maximum absolute atomic E-state index is 4.97. The van der Waals surface area contributed by atoms with Gasteiger partial charge in [-0.25, -0.2) is 9.78 Å². The predicted molar refractivity (Wildman–Crippen MR) is 47.7 cm³/mol. The van der Waals surface area contributed by atoms with Gasteiger partial charge in [0.05, 0.1) is 7.11 Å². The molecule has 1 aromatic carbocycles. The number of hydrogen-bond donors (Lipinski definition) is 0. The van der Waals surface area contributed by atoms with Gasteiger partial charge in [0, 0.05) is 0 Å². The Hall–Kier alpha value is -0.860. The van der Waals surface area contributed by atoms with Gasteiger partial charge < -0.3 is 0 Å². The van der Waals surface area contributed by atoms with E-state index in [2.05, 4.69) is 23.9 Å². The fourth-order valence-electron chi connectivity index (χ4n) is 1.04. The highest BCUT2D eigenvalue weighted by molar-refractivity contribution is 5.22. The van der Waals surface area contributed by atoms with Crippen molar-refractivity contribution in [2.45, 2.75) is 20.0 Å². The van der Waals surface area contributed by atoms with Crippen LogP contribution in [0.3, 0.4) is 0 Å². The van der Waals surface area contributed by atoms with Crippen molar-refractivity contribution in [2.75, 3.05) is 7.11 Å². The van der Waals surface area contributed by atoms with Gasteiger partial charge in [-0.1, -0.05) is 29.8 Å². The lowest BCUT2D eigenvalue weighted by atomic mass is 10.1. The van der Waals surface area contributed by atoms with Crippen LogP contribution in [-0.2, 0) is 9.78 Å². The molecule has 0 heterocycles. The van der Waals surface area contributed by atoms with Crippen LogP contribution >= 0.6 is 0 Å². The van der Waals surface area contributed by atoms with Gasteiger partial charge in [-0.15, -0.1) is 0 Å². The van der Waals surface area contributed by atoms with Crippen LogP contribution in [0, 0.1) is 6.92 Å². The van der Waals surface area contributed by atoms with Crippen molar-refractivity contribution < 1.29 is 9.78 Å². The van der Waals surface area contributed by atoms with Crippen LogP contribution in [0.5, 0.6) is 0 Å². The monoisotopic (exact) mass is 166 g/mol. The summed E-state index contributed by atoms with van der Waals surface area (Å²) in [7, 11) is 1.52. The lowest BCUT2D eigenvalue weighted by molar-refractivity contribution is -0.303. The number of rotatable bonds is 3. The van der Waals surface area contributed by atoms with E-state index < -0.39 is 0 Å². The van der Waals surface area contributed by atoms with E-state index >= 15 is 0 Å². The van der Waals surface area contributed by atoms with Crippen LogP contribution in [0.2, 0.25) is 0 Å². The third-order valence-electron chi connectivity index (χ3n) is 1.79. The van der Waals surface area contributed by atoms with Gasteiger partial charge in [0.1, 0.15) is 6.10 Å².